The number of rotatable bonds is 2. The number of methoxy groups -OCH3 is 2. The summed E-state index contributed by atoms with van der Waals surface area (Å²) in [5.74, 6) is -1.11. The summed E-state index contributed by atoms with van der Waals surface area (Å²) in [6, 6.07) is 9.71. The number of ether oxygens (including phenoxy) is 2. The molecule has 0 atom stereocenters. The van der Waals surface area contributed by atoms with Gasteiger partial charge in [-0.2, -0.15) is 0 Å². The van der Waals surface area contributed by atoms with E-state index in [0.29, 0.717) is 22.3 Å². The largest absolute Gasteiger partial charge is 0.465 e. The Morgan fingerprint density at radius 3 is 2.39 bits per heavy atom. The third kappa shape index (κ3) is 2.44. The van der Waals surface area contributed by atoms with Crippen LogP contribution < -0.4 is 5.43 Å². The Bertz CT molecular complexity index is 957. The summed E-state index contributed by atoms with van der Waals surface area (Å²) in [6.45, 7) is 0. The monoisotopic (exact) mass is 311 g/mol. The Hall–Kier alpha value is -3.15. The third-order valence-electron chi connectivity index (χ3n) is 3.64. The quantitative estimate of drug-likeness (QED) is 0.579. The Balaban J connectivity index is 2.25. The molecule has 0 amide bonds. The molecule has 0 bridgehead atoms. The topological polar surface area (TPSA) is 85.5 Å². The van der Waals surface area contributed by atoms with Crippen LogP contribution in [0.2, 0.25) is 0 Å². The highest BCUT2D eigenvalue weighted by Crippen LogP contribution is 2.24. The van der Waals surface area contributed by atoms with E-state index in [1.54, 1.807) is 30.3 Å². The van der Waals surface area contributed by atoms with Crippen molar-refractivity contribution in [3.63, 3.8) is 0 Å². The predicted molar refractivity (Wildman–Crippen MR) is 83.9 cm³/mol. The number of esters is 2. The van der Waals surface area contributed by atoms with Crippen LogP contribution in [0.1, 0.15) is 20.7 Å². The summed E-state index contributed by atoms with van der Waals surface area (Å²) in [7, 11) is 2.54. The molecule has 1 aromatic rings. The lowest BCUT2D eigenvalue weighted by Crippen LogP contribution is -2.18. The number of fused-ring (bicyclic) bond motifs is 2. The van der Waals surface area contributed by atoms with E-state index in [0.717, 1.165) is 5.39 Å². The first-order valence-corrected chi connectivity index (χ1v) is 6.81. The molecule has 0 unspecified atom stereocenters. The Morgan fingerprint density at radius 1 is 0.957 bits per heavy atom. The van der Waals surface area contributed by atoms with Gasteiger partial charge >= 0.3 is 11.9 Å². The smallest absolute Gasteiger partial charge is 0.341 e. The molecule has 116 valence electrons. The Morgan fingerprint density at radius 2 is 1.70 bits per heavy atom. The molecule has 3 rings (SSSR count). The fourth-order valence-electron chi connectivity index (χ4n) is 2.46. The molecular weight excluding hydrogens is 298 g/mol. The molecular formula is C17H13NO5. The van der Waals surface area contributed by atoms with Crippen LogP contribution in [0.3, 0.4) is 0 Å². The summed E-state index contributed by atoms with van der Waals surface area (Å²) >= 11 is 0. The molecule has 23 heavy (non-hydrogen) atoms. The normalized spacial score (nSPS) is 10.7. The van der Waals surface area contributed by atoms with Crippen molar-refractivity contribution in [2.45, 2.75) is 0 Å². The number of hydrogen-bond donors (Lipinski definition) is 1. The number of aromatic nitrogens is 1. The van der Waals surface area contributed by atoms with E-state index >= 15 is 0 Å². The van der Waals surface area contributed by atoms with E-state index in [2.05, 4.69) is 9.72 Å². The number of H-pyrrole nitrogens is 1. The van der Waals surface area contributed by atoms with Crippen LogP contribution >= 0.6 is 0 Å². The summed E-state index contributed by atoms with van der Waals surface area (Å²) in [6.07, 6.45) is 0. The highest BCUT2D eigenvalue weighted by atomic mass is 16.5. The van der Waals surface area contributed by atoms with Crippen LogP contribution in [0, 0.1) is 0 Å². The minimum absolute atomic E-state index is 0.0149. The number of carbonyl (C=O) groups is 2. The number of pyridine rings is 1. The van der Waals surface area contributed by atoms with Gasteiger partial charge in [0.2, 0.25) is 5.43 Å². The third-order valence-corrected chi connectivity index (χ3v) is 3.64. The second kappa shape index (κ2) is 5.57. The molecule has 0 saturated carbocycles. The predicted octanol–water partition coefficient (Wildman–Crippen LogP) is 2.21. The standard InChI is InChI=1S/C17H13NO5/c1-22-16(20)10-4-3-9-7-12-13(18-14(9)8-10)6-5-11(15(12)19)17(21)23-2/h3-8,18H,1-2H3. The van der Waals surface area contributed by atoms with Crippen LogP contribution in [-0.4, -0.2) is 31.1 Å². The lowest BCUT2D eigenvalue weighted by Gasteiger charge is -2.10. The van der Waals surface area contributed by atoms with Crippen LogP contribution in [0.25, 0.3) is 22.2 Å². The summed E-state index contributed by atoms with van der Waals surface area (Å²) in [5, 5.41) is 0.740. The van der Waals surface area contributed by atoms with Gasteiger partial charge in [-0.25, -0.2) is 9.59 Å². The number of nitrogens with one attached hydrogen (secondary N) is 1. The molecule has 2 aliphatic rings. The van der Waals surface area contributed by atoms with Crippen molar-refractivity contribution in [1.29, 1.82) is 0 Å². The molecule has 0 aromatic heterocycles. The van der Waals surface area contributed by atoms with Crippen LogP contribution in [-0.2, 0) is 9.47 Å². The molecule has 1 aliphatic heterocycles. The molecule has 6 nitrogen and oxygen atoms in total. The van der Waals surface area contributed by atoms with Gasteiger partial charge < -0.3 is 14.5 Å². The maximum atomic E-state index is 12.4. The minimum atomic E-state index is -0.668. The maximum absolute atomic E-state index is 12.4. The SMILES string of the molecule is COC(=O)c1ccc2cc3c(=O)c(C(=O)OC)ccc-3[nH]c2c1. The fraction of sp³-hybridized carbons (Fsp3) is 0.118. The number of carbonyl (C=O) groups excluding carboxylic acids is 2. The zero-order valence-electron chi connectivity index (χ0n) is 12.5. The van der Waals surface area contributed by atoms with Crippen LogP contribution in [0.15, 0.2) is 41.2 Å². The van der Waals surface area contributed by atoms with Crippen molar-refractivity contribution in [1.82, 2.24) is 4.98 Å². The Kier molecular flexibility index (Phi) is 3.57. The van der Waals surface area contributed by atoms with Crippen LogP contribution in [0.5, 0.6) is 0 Å². The molecule has 6 heteroatoms. The van der Waals surface area contributed by atoms with E-state index in [9.17, 15) is 14.4 Å². The molecule has 1 aliphatic carbocycles. The first-order valence-electron chi connectivity index (χ1n) is 6.81. The average Bonchev–Trinajstić information content (AvgIpc) is 2.59. The number of benzene rings is 2. The molecule has 0 fully saturated rings. The van der Waals surface area contributed by atoms with Crippen molar-refractivity contribution in [2.24, 2.45) is 0 Å². The zero-order valence-corrected chi connectivity index (χ0v) is 12.5. The molecule has 0 radical (unpaired) electrons. The van der Waals surface area contributed by atoms with Crippen molar-refractivity contribution in [3.8, 4) is 11.3 Å². The van der Waals surface area contributed by atoms with Crippen LogP contribution in [0.4, 0.5) is 0 Å². The molecule has 1 heterocycles. The summed E-state index contributed by atoms with van der Waals surface area (Å²) < 4.78 is 9.30. The van der Waals surface area contributed by atoms with Crippen molar-refractivity contribution < 1.29 is 19.1 Å². The van der Waals surface area contributed by atoms with Gasteiger partial charge in [-0.05, 0) is 35.7 Å². The maximum Gasteiger partial charge on any atom is 0.341 e. The fourth-order valence-corrected chi connectivity index (χ4v) is 2.46. The van der Waals surface area contributed by atoms with E-state index in [1.807, 2.05) is 0 Å². The highest BCUT2D eigenvalue weighted by Gasteiger charge is 2.17. The van der Waals surface area contributed by atoms with Gasteiger partial charge in [0, 0.05) is 16.8 Å². The second-order valence-corrected chi connectivity index (χ2v) is 4.96. The van der Waals surface area contributed by atoms with Crippen molar-refractivity contribution >= 4 is 22.8 Å². The molecule has 0 saturated heterocycles. The van der Waals surface area contributed by atoms with Gasteiger partial charge in [0.15, 0.2) is 0 Å². The number of hydrogen-bond acceptors (Lipinski definition) is 5. The van der Waals surface area contributed by atoms with Gasteiger partial charge in [0.25, 0.3) is 0 Å². The highest BCUT2D eigenvalue weighted by molar-refractivity contribution is 5.96. The van der Waals surface area contributed by atoms with E-state index in [4.69, 9.17) is 4.74 Å². The molecule has 0 spiro atoms. The summed E-state index contributed by atoms with van der Waals surface area (Å²) in [5.41, 5.74) is 1.63. The van der Waals surface area contributed by atoms with Gasteiger partial charge in [0.05, 0.1) is 19.8 Å². The minimum Gasteiger partial charge on any atom is -0.465 e. The lowest BCUT2D eigenvalue weighted by atomic mass is 10.0. The van der Waals surface area contributed by atoms with Crippen molar-refractivity contribution in [3.05, 3.63) is 57.7 Å². The van der Waals surface area contributed by atoms with E-state index in [1.165, 1.54) is 20.3 Å². The second-order valence-electron chi connectivity index (χ2n) is 4.96. The van der Waals surface area contributed by atoms with E-state index in [-0.39, 0.29) is 5.56 Å². The first-order chi connectivity index (χ1) is 11.0. The Labute approximate surface area is 131 Å². The molecule has 1 N–H and O–H groups in total. The van der Waals surface area contributed by atoms with E-state index < -0.39 is 17.4 Å². The lowest BCUT2D eigenvalue weighted by molar-refractivity contribution is 0.0591. The average molecular weight is 311 g/mol. The van der Waals surface area contributed by atoms with Gasteiger partial charge in [-0.15, -0.1) is 0 Å². The van der Waals surface area contributed by atoms with Gasteiger partial charge in [-0.3, -0.25) is 4.79 Å². The van der Waals surface area contributed by atoms with Gasteiger partial charge in [-0.1, -0.05) is 6.07 Å². The van der Waals surface area contributed by atoms with Crippen molar-refractivity contribution in [2.75, 3.05) is 14.2 Å². The number of aromatic amines is 1. The zero-order chi connectivity index (χ0) is 16.6. The molecule has 1 aromatic carbocycles. The first kappa shape index (κ1) is 14.8. The van der Waals surface area contributed by atoms with Gasteiger partial charge in [0.1, 0.15) is 5.56 Å². The summed E-state index contributed by atoms with van der Waals surface area (Å²) in [4.78, 5) is 38.7.